The zero-order chi connectivity index (χ0) is 11.7. The first kappa shape index (κ1) is 10.3. The molecule has 2 rings (SSSR count). The molecule has 0 heterocycles. The molecule has 0 spiro atoms. The van der Waals surface area contributed by atoms with E-state index in [1.165, 1.54) is 0 Å². The molecule has 0 aliphatic rings. The molecule has 0 aliphatic carbocycles. The van der Waals surface area contributed by atoms with Gasteiger partial charge in [-0.05, 0) is 35.4 Å². The summed E-state index contributed by atoms with van der Waals surface area (Å²) in [5.74, 6) is 0. The van der Waals surface area contributed by atoms with Gasteiger partial charge < -0.3 is 22.9 Å². The minimum atomic E-state index is 0.578. The van der Waals surface area contributed by atoms with Gasteiger partial charge in [0.05, 0.1) is 17.1 Å². The zero-order valence-electron chi connectivity index (χ0n) is 8.90. The summed E-state index contributed by atoms with van der Waals surface area (Å²) in [5, 5.41) is 0. The van der Waals surface area contributed by atoms with Crippen molar-refractivity contribution >= 4 is 22.7 Å². The second-order valence-electron chi connectivity index (χ2n) is 3.76. The third-order valence-electron chi connectivity index (χ3n) is 2.57. The highest BCUT2D eigenvalue weighted by Crippen LogP contribution is 2.28. The molecule has 0 bridgehead atoms. The van der Waals surface area contributed by atoms with Crippen LogP contribution >= 0.6 is 0 Å². The number of benzene rings is 2. The van der Waals surface area contributed by atoms with Crippen LogP contribution in [0.1, 0.15) is 0 Å². The Kier molecular flexibility index (Phi) is 2.42. The molecule has 0 unspecified atom stereocenters. The SMILES string of the molecule is Nc1ccc(-c2ccc([NH3+])c(N)c2)cc1N. The molecule has 0 atom stereocenters. The molecule has 82 valence electrons. The van der Waals surface area contributed by atoms with Crippen molar-refractivity contribution in [3.8, 4) is 11.1 Å². The predicted octanol–water partition coefficient (Wildman–Crippen LogP) is 0.974. The fraction of sp³-hybridized carbons (Fsp3) is 0. The Hall–Kier alpha value is -2.20. The van der Waals surface area contributed by atoms with Crippen LogP contribution < -0.4 is 22.9 Å². The second kappa shape index (κ2) is 3.75. The highest BCUT2D eigenvalue weighted by Gasteiger charge is 2.04. The number of hydrogen-bond donors (Lipinski definition) is 4. The van der Waals surface area contributed by atoms with Crippen LogP contribution in [-0.4, -0.2) is 0 Å². The number of nitrogens with two attached hydrogens (primary N) is 3. The average molecular weight is 215 g/mol. The first-order valence-electron chi connectivity index (χ1n) is 4.95. The smallest absolute Gasteiger partial charge is 0.151 e. The molecule has 0 aromatic heterocycles. The highest BCUT2D eigenvalue weighted by molar-refractivity contribution is 5.77. The molecule has 0 radical (unpaired) electrons. The summed E-state index contributed by atoms with van der Waals surface area (Å²) in [6.45, 7) is 0. The van der Waals surface area contributed by atoms with E-state index >= 15 is 0 Å². The van der Waals surface area contributed by atoms with Crippen LogP contribution in [0.2, 0.25) is 0 Å². The molecule has 2 aromatic carbocycles. The molecule has 2 aromatic rings. The van der Waals surface area contributed by atoms with E-state index in [0.717, 1.165) is 16.8 Å². The van der Waals surface area contributed by atoms with E-state index in [2.05, 4.69) is 5.73 Å². The Bertz CT molecular complexity index is 485. The molecule has 0 saturated carbocycles. The Morgan fingerprint density at radius 1 is 0.688 bits per heavy atom. The highest BCUT2D eigenvalue weighted by atomic mass is 14.7. The van der Waals surface area contributed by atoms with Gasteiger partial charge in [0.25, 0.3) is 0 Å². The van der Waals surface area contributed by atoms with Gasteiger partial charge in [0.1, 0.15) is 0 Å². The van der Waals surface area contributed by atoms with Crippen molar-refractivity contribution in [3.63, 3.8) is 0 Å². The first-order chi connectivity index (χ1) is 7.58. The Balaban J connectivity index is 2.50. The Morgan fingerprint density at radius 3 is 1.81 bits per heavy atom. The van der Waals surface area contributed by atoms with Gasteiger partial charge in [-0.15, -0.1) is 0 Å². The lowest BCUT2D eigenvalue weighted by Crippen LogP contribution is -2.40. The van der Waals surface area contributed by atoms with Gasteiger partial charge in [-0.2, -0.15) is 0 Å². The van der Waals surface area contributed by atoms with Crippen molar-refractivity contribution in [2.24, 2.45) is 0 Å². The topological polar surface area (TPSA) is 106 Å². The van der Waals surface area contributed by atoms with Crippen molar-refractivity contribution < 1.29 is 5.73 Å². The van der Waals surface area contributed by atoms with Crippen LogP contribution in [0.5, 0.6) is 0 Å². The van der Waals surface area contributed by atoms with E-state index in [1.54, 1.807) is 6.07 Å². The minimum Gasteiger partial charge on any atom is -0.397 e. The van der Waals surface area contributed by atoms with Gasteiger partial charge in [0.15, 0.2) is 5.69 Å². The maximum Gasteiger partial charge on any atom is 0.151 e. The van der Waals surface area contributed by atoms with E-state index in [1.807, 2.05) is 30.3 Å². The van der Waals surface area contributed by atoms with Gasteiger partial charge >= 0.3 is 0 Å². The summed E-state index contributed by atoms with van der Waals surface area (Å²) in [6.07, 6.45) is 0. The lowest BCUT2D eigenvalue weighted by Gasteiger charge is -2.06. The largest absolute Gasteiger partial charge is 0.397 e. The molecular formula is C12H15N4+. The van der Waals surface area contributed by atoms with Crippen LogP contribution in [0.25, 0.3) is 11.1 Å². The third-order valence-corrected chi connectivity index (χ3v) is 2.57. The molecule has 4 heteroatoms. The number of hydrogen-bond acceptors (Lipinski definition) is 3. The molecule has 4 nitrogen and oxygen atoms in total. The van der Waals surface area contributed by atoms with E-state index in [9.17, 15) is 0 Å². The molecule has 0 fully saturated rings. The number of quaternary nitrogens is 1. The standard InChI is InChI=1S/C12H14N4/c13-9-3-1-7(5-11(9)15)8-2-4-10(14)12(16)6-8/h1-6H,13-16H2/p+1. The van der Waals surface area contributed by atoms with Crippen molar-refractivity contribution in [1.82, 2.24) is 0 Å². The predicted molar refractivity (Wildman–Crippen MR) is 67.7 cm³/mol. The molecule has 9 N–H and O–H groups in total. The molecule has 0 amide bonds. The Labute approximate surface area is 93.8 Å². The maximum atomic E-state index is 5.81. The van der Waals surface area contributed by atoms with Gasteiger partial charge in [-0.3, -0.25) is 0 Å². The summed E-state index contributed by atoms with van der Waals surface area (Å²) in [5.41, 5.74) is 25.7. The molecule has 16 heavy (non-hydrogen) atoms. The van der Waals surface area contributed by atoms with E-state index in [0.29, 0.717) is 17.1 Å². The van der Waals surface area contributed by atoms with Crippen LogP contribution in [0, 0.1) is 0 Å². The summed E-state index contributed by atoms with van der Waals surface area (Å²) in [6, 6.07) is 11.3. The zero-order valence-corrected chi connectivity index (χ0v) is 8.90. The lowest BCUT2D eigenvalue weighted by atomic mass is 10.0. The molecular weight excluding hydrogens is 200 g/mol. The van der Waals surface area contributed by atoms with Gasteiger partial charge in [-0.1, -0.05) is 6.07 Å². The second-order valence-corrected chi connectivity index (χ2v) is 3.76. The van der Waals surface area contributed by atoms with E-state index < -0.39 is 0 Å². The number of rotatable bonds is 1. The Morgan fingerprint density at radius 2 is 1.25 bits per heavy atom. The lowest BCUT2D eigenvalue weighted by molar-refractivity contribution is -0.253. The summed E-state index contributed by atoms with van der Waals surface area (Å²) < 4.78 is 0. The van der Waals surface area contributed by atoms with Crippen molar-refractivity contribution in [3.05, 3.63) is 36.4 Å². The quantitative estimate of drug-likeness (QED) is 0.532. The third kappa shape index (κ3) is 1.78. The fourth-order valence-corrected chi connectivity index (χ4v) is 1.53. The maximum absolute atomic E-state index is 5.81. The average Bonchev–Trinajstić information content (AvgIpc) is 2.26. The van der Waals surface area contributed by atoms with Gasteiger partial charge in [0, 0.05) is 6.07 Å². The summed E-state index contributed by atoms with van der Waals surface area (Å²) in [4.78, 5) is 0. The minimum absolute atomic E-state index is 0.578. The summed E-state index contributed by atoms with van der Waals surface area (Å²) in [7, 11) is 0. The van der Waals surface area contributed by atoms with Crippen molar-refractivity contribution in [2.75, 3.05) is 17.2 Å². The van der Waals surface area contributed by atoms with E-state index in [4.69, 9.17) is 17.2 Å². The fourth-order valence-electron chi connectivity index (χ4n) is 1.53. The van der Waals surface area contributed by atoms with Crippen molar-refractivity contribution in [2.45, 2.75) is 0 Å². The molecule has 0 aliphatic heterocycles. The van der Waals surface area contributed by atoms with Gasteiger partial charge in [0.2, 0.25) is 0 Å². The van der Waals surface area contributed by atoms with Crippen LogP contribution in [-0.2, 0) is 0 Å². The summed E-state index contributed by atoms with van der Waals surface area (Å²) >= 11 is 0. The van der Waals surface area contributed by atoms with Gasteiger partial charge in [-0.25, -0.2) is 0 Å². The van der Waals surface area contributed by atoms with Crippen LogP contribution in [0.4, 0.5) is 22.7 Å². The van der Waals surface area contributed by atoms with E-state index in [-0.39, 0.29) is 0 Å². The van der Waals surface area contributed by atoms with Crippen LogP contribution in [0.3, 0.4) is 0 Å². The normalized spacial score (nSPS) is 10.3. The van der Waals surface area contributed by atoms with Crippen LogP contribution in [0.15, 0.2) is 36.4 Å². The first-order valence-corrected chi connectivity index (χ1v) is 4.95. The monoisotopic (exact) mass is 215 g/mol. The molecule has 0 saturated heterocycles. The number of anilines is 3. The van der Waals surface area contributed by atoms with Crippen molar-refractivity contribution in [1.29, 1.82) is 0 Å². The number of nitrogen functional groups attached to an aromatic ring is 3.